The van der Waals surface area contributed by atoms with Crippen LogP contribution in [-0.2, 0) is 4.79 Å². The van der Waals surface area contributed by atoms with Crippen molar-refractivity contribution in [2.75, 3.05) is 13.2 Å². The lowest BCUT2D eigenvalue weighted by molar-refractivity contribution is -0.123. The van der Waals surface area contributed by atoms with Gasteiger partial charge in [-0.25, -0.2) is 0 Å². The third kappa shape index (κ3) is 5.29. The Labute approximate surface area is 142 Å². The fraction of sp³-hybridized carbons (Fsp3) is 0.316. The molecule has 23 heavy (non-hydrogen) atoms. The van der Waals surface area contributed by atoms with Gasteiger partial charge in [0, 0.05) is 12.5 Å². The number of carbonyl (C=O) groups excluding carboxylic acids is 1. The summed E-state index contributed by atoms with van der Waals surface area (Å²) in [4.78, 5) is 12.0. The molecule has 0 heterocycles. The molecule has 1 atom stereocenters. The van der Waals surface area contributed by atoms with Crippen molar-refractivity contribution in [3.05, 3.63) is 64.7 Å². The molecule has 2 aromatic rings. The van der Waals surface area contributed by atoms with Crippen molar-refractivity contribution < 1.29 is 9.53 Å². The van der Waals surface area contributed by atoms with E-state index in [9.17, 15) is 4.79 Å². The normalized spacial score (nSPS) is 11.8. The molecule has 1 unspecified atom stereocenters. The van der Waals surface area contributed by atoms with Gasteiger partial charge in [-0.2, -0.15) is 0 Å². The van der Waals surface area contributed by atoms with Crippen molar-refractivity contribution in [1.82, 2.24) is 5.32 Å². The molecule has 4 heteroatoms. The Morgan fingerprint density at radius 3 is 2.65 bits per heavy atom. The van der Waals surface area contributed by atoms with Crippen LogP contribution in [0.15, 0.2) is 48.5 Å². The van der Waals surface area contributed by atoms with Gasteiger partial charge in [-0.05, 0) is 36.6 Å². The maximum Gasteiger partial charge on any atom is 0.257 e. The van der Waals surface area contributed by atoms with Gasteiger partial charge in [0.25, 0.3) is 5.91 Å². The summed E-state index contributed by atoms with van der Waals surface area (Å²) in [7, 11) is 0. The Morgan fingerprint density at radius 2 is 1.96 bits per heavy atom. The number of nitrogens with one attached hydrogen (secondary N) is 1. The smallest absolute Gasteiger partial charge is 0.257 e. The average molecular weight is 332 g/mol. The minimum Gasteiger partial charge on any atom is -0.482 e. The molecular weight excluding hydrogens is 310 g/mol. The van der Waals surface area contributed by atoms with Gasteiger partial charge in [-0.1, -0.05) is 54.9 Å². The van der Waals surface area contributed by atoms with E-state index in [1.165, 1.54) is 5.56 Å². The number of amides is 1. The SMILES string of the molecule is CCC(CNC(=O)COc1cc(C)ccc1Cl)c1ccccc1. The van der Waals surface area contributed by atoms with E-state index in [4.69, 9.17) is 16.3 Å². The van der Waals surface area contributed by atoms with E-state index >= 15 is 0 Å². The molecule has 2 aromatic carbocycles. The topological polar surface area (TPSA) is 38.3 Å². The monoisotopic (exact) mass is 331 g/mol. The largest absolute Gasteiger partial charge is 0.482 e. The van der Waals surface area contributed by atoms with Crippen LogP contribution in [0.3, 0.4) is 0 Å². The van der Waals surface area contributed by atoms with E-state index in [1.807, 2.05) is 37.3 Å². The zero-order chi connectivity index (χ0) is 16.7. The highest BCUT2D eigenvalue weighted by molar-refractivity contribution is 6.32. The summed E-state index contributed by atoms with van der Waals surface area (Å²) in [6.45, 7) is 4.64. The predicted molar refractivity (Wildman–Crippen MR) is 94.2 cm³/mol. The van der Waals surface area contributed by atoms with Gasteiger partial charge in [-0.3, -0.25) is 4.79 Å². The Morgan fingerprint density at radius 1 is 1.22 bits per heavy atom. The number of hydrogen-bond donors (Lipinski definition) is 1. The van der Waals surface area contributed by atoms with Gasteiger partial charge in [0.15, 0.2) is 6.61 Å². The van der Waals surface area contributed by atoms with Gasteiger partial charge >= 0.3 is 0 Å². The number of halogens is 1. The quantitative estimate of drug-likeness (QED) is 0.819. The van der Waals surface area contributed by atoms with Crippen molar-refractivity contribution in [2.45, 2.75) is 26.2 Å². The molecule has 0 saturated heterocycles. The number of aryl methyl sites for hydroxylation is 1. The summed E-state index contributed by atoms with van der Waals surface area (Å²) in [5, 5.41) is 3.44. The maximum atomic E-state index is 12.0. The van der Waals surface area contributed by atoms with Crippen LogP contribution in [0.25, 0.3) is 0 Å². The first-order valence-corrected chi connectivity index (χ1v) is 8.18. The Hall–Kier alpha value is -2.00. The molecule has 0 bridgehead atoms. The molecule has 122 valence electrons. The molecule has 0 fully saturated rings. The number of rotatable bonds is 7. The van der Waals surface area contributed by atoms with Crippen LogP contribution in [-0.4, -0.2) is 19.1 Å². The van der Waals surface area contributed by atoms with E-state index < -0.39 is 0 Å². The molecule has 0 aliphatic rings. The minimum absolute atomic E-state index is 0.0333. The zero-order valence-corrected chi connectivity index (χ0v) is 14.3. The number of carbonyl (C=O) groups is 1. The first-order chi connectivity index (χ1) is 11.1. The van der Waals surface area contributed by atoms with Crippen LogP contribution in [0.5, 0.6) is 5.75 Å². The molecule has 0 aliphatic heterocycles. The standard InChI is InChI=1S/C19H22ClNO2/c1-3-15(16-7-5-4-6-8-16)12-21-19(22)13-23-18-11-14(2)9-10-17(18)20/h4-11,15H,3,12-13H2,1-2H3,(H,21,22). The summed E-state index contributed by atoms with van der Waals surface area (Å²) in [6, 6.07) is 15.7. The Bertz CT molecular complexity index is 643. The third-order valence-corrected chi connectivity index (χ3v) is 4.07. The molecule has 0 saturated carbocycles. The van der Waals surface area contributed by atoms with Crippen LogP contribution < -0.4 is 10.1 Å². The molecule has 0 radical (unpaired) electrons. The summed E-state index contributed by atoms with van der Waals surface area (Å²) in [5.74, 6) is 0.705. The maximum absolute atomic E-state index is 12.0. The van der Waals surface area contributed by atoms with Crippen LogP contribution in [0.4, 0.5) is 0 Å². The third-order valence-electron chi connectivity index (χ3n) is 3.75. The molecule has 0 aromatic heterocycles. The van der Waals surface area contributed by atoms with Crippen molar-refractivity contribution >= 4 is 17.5 Å². The van der Waals surface area contributed by atoms with Crippen molar-refractivity contribution in [1.29, 1.82) is 0 Å². The summed E-state index contributed by atoms with van der Waals surface area (Å²) < 4.78 is 5.51. The lowest BCUT2D eigenvalue weighted by Gasteiger charge is -2.16. The van der Waals surface area contributed by atoms with E-state index in [-0.39, 0.29) is 12.5 Å². The number of hydrogen-bond acceptors (Lipinski definition) is 2. The van der Waals surface area contributed by atoms with Gasteiger partial charge in [0.1, 0.15) is 5.75 Å². The summed E-state index contributed by atoms with van der Waals surface area (Å²) >= 11 is 6.05. The second-order valence-corrected chi connectivity index (χ2v) is 5.95. The van der Waals surface area contributed by atoms with E-state index in [1.54, 1.807) is 6.07 Å². The molecule has 2 rings (SSSR count). The second-order valence-electron chi connectivity index (χ2n) is 5.54. The Kier molecular flexibility index (Phi) is 6.48. The predicted octanol–water partition coefficient (Wildman–Crippen LogP) is 4.34. The van der Waals surface area contributed by atoms with Crippen LogP contribution >= 0.6 is 11.6 Å². The van der Waals surface area contributed by atoms with Crippen molar-refractivity contribution in [3.63, 3.8) is 0 Å². The van der Waals surface area contributed by atoms with Crippen LogP contribution in [0.2, 0.25) is 5.02 Å². The zero-order valence-electron chi connectivity index (χ0n) is 13.5. The molecular formula is C19H22ClNO2. The van der Waals surface area contributed by atoms with Crippen LogP contribution in [0, 0.1) is 6.92 Å². The van der Waals surface area contributed by atoms with Gasteiger partial charge in [0.05, 0.1) is 5.02 Å². The van der Waals surface area contributed by atoms with Gasteiger partial charge < -0.3 is 10.1 Å². The van der Waals surface area contributed by atoms with Gasteiger partial charge in [0.2, 0.25) is 0 Å². The fourth-order valence-electron chi connectivity index (χ4n) is 2.38. The van der Waals surface area contributed by atoms with E-state index in [2.05, 4.69) is 24.4 Å². The second kappa shape index (κ2) is 8.59. The lowest BCUT2D eigenvalue weighted by atomic mass is 9.96. The molecule has 0 aliphatic carbocycles. The van der Waals surface area contributed by atoms with Crippen molar-refractivity contribution in [2.24, 2.45) is 0 Å². The summed E-state index contributed by atoms with van der Waals surface area (Å²) in [6.07, 6.45) is 0.967. The number of ether oxygens (including phenoxy) is 1. The lowest BCUT2D eigenvalue weighted by Crippen LogP contribution is -2.32. The molecule has 1 amide bonds. The minimum atomic E-state index is -0.142. The highest BCUT2D eigenvalue weighted by Gasteiger charge is 2.11. The Balaban J connectivity index is 1.84. The fourth-order valence-corrected chi connectivity index (χ4v) is 2.55. The van der Waals surface area contributed by atoms with Gasteiger partial charge in [-0.15, -0.1) is 0 Å². The van der Waals surface area contributed by atoms with E-state index in [0.717, 1.165) is 12.0 Å². The molecule has 1 N–H and O–H groups in total. The number of benzene rings is 2. The molecule has 0 spiro atoms. The van der Waals surface area contributed by atoms with Crippen LogP contribution in [0.1, 0.15) is 30.4 Å². The first-order valence-electron chi connectivity index (χ1n) is 7.80. The molecule has 3 nitrogen and oxygen atoms in total. The average Bonchev–Trinajstić information content (AvgIpc) is 2.57. The van der Waals surface area contributed by atoms with E-state index in [0.29, 0.717) is 23.2 Å². The highest BCUT2D eigenvalue weighted by atomic mass is 35.5. The summed E-state index contributed by atoms with van der Waals surface area (Å²) in [5.41, 5.74) is 2.28. The van der Waals surface area contributed by atoms with Crippen molar-refractivity contribution in [3.8, 4) is 5.75 Å². The highest BCUT2D eigenvalue weighted by Crippen LogP contribution is 2.25. The first kappa shape index (κ1) is 17.4.